The van der Waals surface area contributed by atoms with E-state index in [4.69, 9.17) is 0 Å². The minimum atomic E-state index is -4.48. The zero-order valence-electron chi connectivity index (χ0n) is 19.4. The van der Waals surface area contributed by atoms with Gasteiger partial charge < -0.3 is 10.4 Å². The lowest BCUT2D eigenvalue weighted by molar-refractivity contribution is -0.137. The predicted octanol–water partition coefficient (Wildman–Crippen LogP) is 4.71. The topological polar surface area (TPSA) is 92.9 Å². The number of amides is 1. The highest BCUT2D eigenvalue weighted by molar-refractivity contribution is 7.17. The third-order valence-electron chi connectivity index (χ3n) is 5.79. The number of aliphatic hydroxyl groups is 1. The van der Waals surface area contributed by atoms with Crippen LogP contribution in [0.15, 0.2) is 55.1 Å². The molecule has 0 radical (unpaired) electrons. The van der Waals surface area contributed by atoms with Crippen molar-refractivity contribution in [1.82, 2.24) is 25.1 Å². The number of alkyl halides is 3. The van der Waals surface area contributed by atoms with E-state index in [1.807, 2.05) is 0 Å². The largest absolute Gasteiger partial charge is 0.416 e. The summed E-state index contributed by atoms with van der Waals surface area (Å²) in [5.74, 6) is -2.49. The number of rotatable bonds is 7. The maximum absolute atomic E-state index is 14.7. The molecule has 0 saturated heterocycles. The molecule has 194 valence electrons. The smallest absolute Gasteiger partial charge is 0.381 e. The summed E-state index contributed by atoms with van der Waals surface area (Å²) in [5, 5.41) is 18.4. The molecule has 0 aliphatic rings. The molecule has 2 heterocycles. The Morgan fingerprint density at radius 2 is 1.86 bits per heavy atom. The van der Waals surface area contributed by atoms with E-state index in [-0.39, 0.29) is 17.0 Å². The molecule has 2 N–H and O–H groups in total. The Morgan fingerprint density at radius 3 is 2.46 bits per heavy atom. The van der Waals surface area contributed by atoms with E-state index in [1.54, 1.807) is 6.92 Å². The number of aromatic nitrogens is 4. The Balaban J connectivity index is 1.61. The zero-order valence-corrected chi connectivity index (χ0v) is 20.2. The summed E-state index contributed by atoms with van der Waals surface area (Å²) in [6.07, 6.45) is -1.97. The van der Waals surface area contributed by atoms with Crippen LogP contribution in [-0.2, 0) is 18.3 Å². The Hall–Kier alpha value is -3.71. The molecule has 0 bridgehead atoms. The van der Waals surface area contributed by atoms with Gasteiger partial charge in [0.25, 0.3) is 5.91 Å². The minimum Gasteiger partial charge on any atom is -0.381 e. The highest BCUT2D eigenvalue weighted by atomic mass is 32.1. The van der Waals surface area contributed by atoms with Gasteiger partial charge in [0.2, 0.25) is 0 Å². The van der Waals surface area contributed by atoms with Crippen molar-refractivity contribution >= 4 is 17.2 Å². The summed E-state index contributed by atoms with van der Waals surface area (Å²) in [6, 6.07) is 5.97. The second-order valence-corrected chi connectivity index (χ2v) is 9.34. The lowest BCUT2D eigenvalue weighted by Gasteiger charge is -2.35. The van der Waals surface area contributed by atoms with Crippen molar-refractivity contribution in [1.29, 1.82) is 0 Å². The molecule has 2 aromatic carbocycles. The van der Waals surface area contributed by atoms with Crippen LogP contribution >= 0.6 is 11.3 Å². The number of hydrogen-bond donors (Lipinski definition) is 2. The fourth-order valence-electron chi connectivity index (χ4n) is 3.77. The molecule has 2 atom stereocenters. The third kappa shape index (κ3) is 5.52. The number of carbonyl (C=O) groups excluding carboxylic acids is 1. The van der Waals surface area contributed by atoms with Gasteiger partial charge >= 0.3 is 6.18 Å². The third-order valence-corrected chi connectivity index (χ3v) is 7.00. The highest BCUT2D eigenvalue weighted by Gasteiger charge is 2.40. The number of thiazole rings is 1. The molecule has 0 fully saturated rings. The first-order valence-corrected chi connectivity index (χ1v) is 11.7. The van der Waals surface area contributed by atoms with Gasteiger partial charge in [-0.15, -0.1) is 11.3 Å². The fraction of sp³-hybridized carbons (Fsp3) is 0.250. The van der Waals surface area contributed by atoms with Crippen molar-refractivity contribution in [2.75, 3.05) is 0 Å². The zero-order chi connectivity index (χ0) is 27.0. The number of hydrogen-bond acceptors (Lipinski definition) is 6. The summed E-state index contributed by atoms with van der Waals surface area (Å²) in [4.78, 5) is 21.4. The van der Waals surface area contributed by atoms with E-state index in [9.17, 15) is 31.9 Å². The summed E-state index contributed by atoms with van der Waals surface area (Å²) < 4.78 is 68.1. The van der Waals surface area contributed by atoms with E-state index in [0.29, 0.717) is 22.3 Å². The Morgan fingerprint density at radius 1 is 1.16 bits per heavy atom. The molecular formula is C24H20F5N5O2S. The van der Waals surface area contributed by atoms with E-state index in [2.05, 4.69) is 20.4 Å². The normalized spacial score (nSPS) is 14.3. The molecule has 1 amide bonds. The van der Waals surface area contributed by atoms with Crippen LogP contribution < -0.4 is 5.32 Å². The van der Waals surface area contributed by atoms with Crippen LogP contribution in [0, 0.1) is 18.6 Å². The van der Waals surface area contributed by atoms with Crippen molar-refractivity contribution in [2.45, 2.75) is 38.2 Å². The van der Waals surface area contributed by atoms with Crippen LogP contribution in [0.3, 0.4) is 0 Å². The Bertz CT molecular complexity index is 1410. The van der Waals surface area contributed by atoms with E-state index < -0.39 is 40.9 Å². The molecule has 37 heavy (non-hydrogen) atoms. The lowest BCUT2D eigenvalue weighted by atomic mass is 9.86. The van der Waals surface area contributed by atoms with Crippen LogP contribution in [0.5, 0.6) is 0 Å². The van der Waals surface area contributed by atoms with Crippen LogP contribution in [0.2, 0.25) is 0 Å². The van der Waals surface area contributed by atoms with E-state index in [0.717, 1.165) is 35.6 Å². The average Bonchev–Trinajstić information content (AvgIpc) is 3.47. The van der Waals surface area contributed by atoms with Gasteiger partial charge in [-0.25, -0.2) is 23.4 Å². The summed E-state index contributed by atoms with van der Waals surface area (Å²) in [6.45, 7) is 2.70. The van der Waals surface area contributed by atoms with Crippen molar-refractivity contribution in [3.05, 3.63) is 88.5 Å². The van der Waals surface area contributed by atoms with Crippen LogP contribution in [0.1, 0.15) is 33.4 Å². The van der Waals surface area contributed by atoms with Crippen LogP contribution in [0.25, 0.3) is 10.6 Å². The number of nitrogens with one attached hydrogen (secondary N) is 1. The van der Waals surface area contributed by atoms with Gasteiger partial charge in [-0.05, 0) is 32.0 Å². The quantitative estimate of drug-likeness (QED) is 0.333. The fourth-order valence-corrected chi connectivity index (χ4v) is 4.75. The summed E-state index contributed by atoms with van der Waals surface area (Å²) in [7, 11) is 0. The summed E-state index contributed by atoms with van der Waals surface area (Å²) in [5.41, 5.74) is -2.42. The number of benzene rings is 2. The van der Waals surface area contributed by atoms with Crippen LogP contribution in [0.4, 0.5) is 22.0 Å². The SMILES string of the molecule is Cc1nc(-c2ccc(C(F)(F)F)cc2)sc1C(=O)N[C@H](C)[C@](O)(Cn1cncn1)c1ccc(F)cc1F. The van der Waals surface area contributed by atoms with Crippen molar-refractivity contribution in [3.63, 3.8) is 0 Å². The first-order valence-electron chi connectivity index (χ1n) is 10.8. The maximum Gasteiger partial charge on any atom is 0.416 e. The van der Waals surface area contributed by atoms with Gasteiger partial charge in [-0.1, -0.05) is 18.2 Å². The van der Waals surface area contributed by atoms with E-state index >= 15 is 0 Å². The van der Waals surface area contributed by atoms with Gasteiger partial charge in [0.05, 0.1) is 23.8 Å². The number of aryl methyl sites for hydroxylation is 1. The monoisotopic (exact) mass is 537 g/mol. The molecule has 0 saturated carbocycles. The van der Waals surface area contributed by atoms with Crippen molar-refractivity contribution < 1.29 is 31.9 Å². The first kappa shape index (κ1) is 26.4. The van der Waals surface area contributed by atoms with Gasteiger partial charge in [-0.3, -0.25) is 4.79 Å². The van der Waals surface area contributed by atoms with E-state index in [1.165, 1.54) is 36.4 Å². The van der Waals surface area contributed by atoms with Gasteiger partial charge in [-0.2, -0.15) is 18.3 Å². The van der Waals surface area contributed by atoms with Crippen molar-refractivity contribution in [3.8, 4) is 10.6 Å². The molecule has 0 spiro atoms. The molecule has 13 heteroatoms. The number of carbonyl (C=O) groups is 1. The maximum atomic E-state index is 14.7. The molecule has 4 aromatic rings. The Kier molecular flexibility index (Phi) is 7.11. The lowest BCUT2D eigenvalue weighted by Crippen LogP contribution is -2.51. The van der Waals surface area contributed by atoms with Crippen molar-refractivity contribution in [2.24, 2.45) is 0 Å². The average molecular weight is 538 g/mol. The Labute approximate surface area is 211 Å². The first-order chi connectivity index (χ1) is 17.4. The van der Waals surface area contributed by atoms with Gasteiger partial charge in [0.1, 0.15) is 39.8 Å². The summed E-state index contributed by atoms with van der Waals surface area (Å²) >= 11 is 0.956. The molecule has 0 aliphatic heterocycles. The second kappa shape index (κ2) is 9.98. The molecular weight excluding hydrogens is 517 g/mol. The predicted molar refractivity (Wildman–Crippen MR) is 124 cm³/mol. The number of halogens is 5. The molecule has 4 rings (SSSR count). The van der Waals surface area contributed by atoms with Gasteiger partial charge in [0, 0.05) is 17.2 Å². The highest BCUT2D eigenvalue weighted by Crippen LogP contribution is 2.34. The van der Waals surface area contributed by atoms with Crippen LogP contribution in [-0.4, -0.2) is 36.8 Å². The second-order valence-electron chi connectivity index (χ2n) is 8.35. The van der Waals surface area contributed by atoms with Gasteiger partial charge in [0.15, 0.2) is 0 Å². The molecule has 7 nitrogen and oxygen atoms in total. The molecule has 2 aromatic heterocycles. The number of nitrogens with zero attached hydrogens (tertiary/aromatic N) is 4. The molecule has 0 unspecified atom stereocenters. The standard InChI is InChI=1S/C24H20F5N5O2S/c1-13-20(37-22(32-13)15-3-5-16(6-4-15)24(27,28)29)21(35)33-14(2)23(36,10-34-12-30-11-31-34)18-8-7-17(25)9-19(18)26/h3-9,11-12,14,36H,10H2,1-2H3,(H,33,35)/t14-,23-/m1/s1. The minimum absolute atomic E-state index is 0.157. The molecule has 0 aliphatic carbocycles.